The van der Waals surface area contributed by atoms with Crippen molar-refractivity contribution in [2.45, 2.75) is 13.5 Å². The Morgan fingerprint density at radius 1 is 1.40 bits per heavy atom. The van der Waals surface area contributed by atoms with Gasteiger partial charge in [0, 0.05) is 12.4 Å². The number of halogens is 2. The first kappa shape index (κ1) is 12.9. The minimum atomic E-state index is -0.298. The van der Waals surface area contributed by atoms with E-state index in [1.54, 1.807) is 23.9 Å². The fraction of sp³-hybridized carbons (Fsp3) is 0.333. The zero-order valence-corrected chi connectivity index (χ0v) is 12.3. The Morgan fingerprint density at radius 2 is 1.93 bits per heavy atom. The van der Waals surface area contributed by atoms with Gasteiger partial charge in [-0.15, -0.1) is 0 Å². The van der Waals surface area contributed by atoms with Crippen molar-refractivity contribution in [3.63, 3.8) is 0 Å². The Kier molecular flexibility index (Phi) is 5.03. The first-order chi connectivity index (χ1) is 7.04. The average Bonchev–Trinajstić information content (AvgIpc) is 2.14. The summed E-state index contributed by atoms with van der Waals surface area (Å²) in [6.07, 6.45) is 3.28. The Bertz CT molecular complexity index is 402. The third-order valence-electron chi connectivity index (χ3n) is 1.61. The van der Waals surface area contributed by atoms with Gasteiger partial charge in [-0.1, -0.05) is 0 Å². The molecule has 0 radical (unpaired) electrons. The quantitative estimate of drug-likeness (QED) is 0.538. The number of hydrogen-bond acceptors (Lipinski definition) is 3. The lowest BCUT2D eigenvalue weighted by molar-refractivity contribution is -0.143. The maximum absolute atomic E-state index is 11.4. The van der Waals surface area contributed by atoms with Crippen LogP contribution in [-0.4, -0.2) is 17.1 Å². The largest absolute Gasteiger partial charge is 0.465 e. The van der Waals surface area contributed by atoms with Gasteiger partial charge >= 0.3 is 5.97 Å². The summed E-state index contributed by atoms with van der Waals surface area (Å²) in [5.41, 5.74) is -0.00342. The molecule has 0 saturated carbocycles. The topological polar surface area (TPSA) is 48.3 Å². The zero-order valence-electron chi connectivity index (χ0n) is 8.00. The number of nitrogens with zero attached hydrogens (tertiary/aromatic N) is 1. The molecule has 0 N–H and O–H groups in total. The van der Waals surface area contributed by atoms with Crippen LogP contribution in [0.2, 0.25) is 0 Å². The van der Waals surface area contributed by atoms with E-state index in [0.29, 0.717) is 13.7 Å². The second-order valence-corrected chi connectivity index (χ2v) is 5.08. The van der Waals surface area contributed by atoms with Crippen molar-refractivity contribution >= 4 is 51.2 Å². The predicted octanol–water partition coefficient (Wildman–Crippen LogP) is 1.62. The van der Waals surface area contributed by atoms with Gasteiger partial charge in [0.1, 0.15) is 6.54 Å². The molecule has 4 nitrogen and oxygen atoms in total. The summed E-state index contributed by atoms with van der Waals surface area (Å²) >= 11 is 3.91. The lowest BCUT2D eigenvalue weighted by atomic mass is 10.4. The molecule has 15 heavy (non-hydrogen) atoms. The van der Waals surface area contributed by atoms with E-state index in [9.17, 15) is 9.59 Å². The molecule has 0 unspecified atom stereocenters. The normalized spacial score (nSPS) is 10.1. The molecular formula is C9H9I2NO3. The van der Waals surface area contributed by atoms with Crippen LogP contribution >= 0.6 is 45.2 Å². The first-order valence-corrected chi connectivity index (χ1v) is 6.41. The smallest absolute Gasteiger partial charge is 0.325 e. The van der Waals surface area contributed by atoms with E-state index in [1.807, 2.05) is 45.2 Å². The molecule has 1 heterocycles. The lowest BCUT2D eigenvalue weighted by Crippen LogP contribution is -2.18. The summed E-state index contributed by atoms with van der Waals surface area (Å²) < 4.78 is 7.67. The van der Waals surface area contributed by atoms with Crippen molar-refractivity contribution in [1.82, 2.24) is 4.57 Å². The lowest BCUT2D eigenvalue weighted by Gasteiger charge is -2.06. The van der Waals surface area contributed by atoms with Gasteiger partial charge in [0.25, 0.3) is 0 Å². The molecule has 0 spiro atoms. The van der Waals surface area contributed by atoms with Gasteiger partial charge in [0.05, 0.1) is 13.7 Å². The Balaban J connectivity index is 2.88. The Morgan fingerprint density at radius 3 is 2.40 bits per heavy atom. The van der Waals surface area contributed by atoms with Gasteiger partial charge in [-0.05, 0) is 52.1 Å². The van der Waals surface area contributed by atoms with E-state index >= 15 is 0 Å². The van der Waals surface area contributed by atoms with E-state index in [1.165, 1.54) is 0 Å². The highest BCUT2D eigenvalue weighted by atomic mass is 127. The molecule has 0 aromatic carbocycles. The number of pyridine rings is 1. The van der Waals surface area contributed by atoms with Crippen LogP contribution in [0.15, 0.2) is 17.2 Å². The third-order valence-corrected chi connectivity index (χ3v) is 3.15. The molecule has 82 valence electrons. The number of ether oxygens (including phenoxy) is 1. The van der Waals surface area contributed by atoms with E-state index in [2.05, 4.69) is 0 Å². The van der Waals surface area contributed by atoms with E-state index in [-0.39, 0.29) is 17.9 Å². The molecule has 0 bridgehead atoms. The second-order valence-electron chi connectivity index (χ2n) is 2.76. The third kappa shape index (κ3) is 3.74. The molecule has 0 atom stereocenters. The van der Waals surface area contributed by atoms with Crippen LogP contribution in [0.5, 0.6) is 0 Å². The highest BCUT2D eigenvalue weighted by Crippen LogP contribution is 2.04. The fourth-order valence-electron chi connectivity index (χ4n) is 1.01. The number of carbonyl (C=O) groups excluding carboxylic acids is 1. The summed E-state index contributed by atoms with van der Waals surface area (Å²) in [5.74, 6) is -0.298. The van der Waals surface area contributed by atoms with Crippen molar-refractivity contribution in [2.75, 3.05) is 6.61 Å². The standard InChI is InChI=1S/C9H9I2NO3/c1-2-15-8(13)5-12-3-6(10)9(14)7(11)4-12/h3-4H,2,5H2,1H3. The predicted molar refractivity (Wildman–Crippen MR) is 72.8 cm³/mol. The van der Waals surface area contributed by atoms with Gasteiger partial charge in [-0.3, -0.25) is 9.59 Å². The van der Waals surface area contributed by atoms with Crippen molar-refractivity contribution in [3.05, 3.63) is 29.8 Å². The van der Waals surface area contributed by atoms with E-state index < -0.39 is 0 Å². The maximum Gasteiger partial charge on any atom is 0.325 e. The van der Waals surface area contributed by atoms with Gasteiger partial charge < -0.3 is 9.30 Å². The number of rotatable bonds is 3. The molecule has 1 rings (SSSR count). The van der Waals surface area contributed by atoms with Crippen molar-refractivity contribution < 1.29 is 9.53 Å². The fourth-order valence-corrected chi connectivity index (χ4v) is 2.82. The molecular weight excluding hydrogens is 424 g/mol. The molecule has 0 aliphatic heterocycles. The summed E-state index contributed by atoms with van der Waals surface area (Å²) in [4.78, 5) is 22.6. The highest BCUT2D eigenvalue weighted by Gasteiger charge is 2.06. The average molecular weight is 433 g/mol. The van der Waals surface area contributed by atoms with Crippen LogP contribution < -0.4 is 5.43 Å². The summed E-state index contributed by atoms with van der Waals surface area (Å²) in [5, 5.41) is 0. The van der Waals surface area contributed by atoms with E-state index in [4.69, 9.17) is 4.74 Å². The van der Waals surface area contributed by atoms with E-state index in [0.717, 1.165) is 0 Å². The Labute approximate surface area is 114 Å². The van der Waals surface area contributed by atoms with Gasteiger partial charge in [-0.2, -0.15) is 0 Å². The molecule has 0 saturated heterocycles. The minimum absolute atomic E-state index is 0.00342. The first-order valence-electron chi connectivity index (χ1n) is 4.25. The van der Waals surface area contributed by atoms with Gasteiger partial charge in [0.2, 0.25) is 5.43 Å². The number of aromatic nitrogens is 1. The maximum atomic E-state index is 11.4. The van der Waals surface area contributed by atoms with Crippen LogP contribution in [0.4, 0.5) is 0 Å². The molecule has 6 heteroatoms. The monoisotopic (exact) mass is 433 g/mol. The summed E-state index contributed by atoms with van der Waals surface area (Å²) in [7, 11) is 0. The highest BCUT2D eigenvalue weighted by molar-refractivity contribution is 14.1. The number of carbonyl (C=O) groups is 1. The molecule has 1 aromatic heterocycles. The number of esters is 1. The van der Waals surface area contributed by atoms with Crippen molar-refractivity contribution in [2.24, 2.45) is 0 Å². The van der Waals surface area contributed by atoms with Crippen LogP contribution in [0.25, 0.3) is 0 Å². The number of hydrogen-bond donors (Lipinski definition) is 0. The summed E-state index contributed by atoms with van der Waals surface area (Å²) in [6, 6.07) is 0. The Hall–Kier alpha value is -0.120. The summed E-state index contributed by atoms with van der Waals surface area (Å²) in [6.45, 7) is 2.27. The van der Waals surface area contributed by atoms with Crippen molar-refractivity contribution in [1.29, 1.82) is 0 Å². The molecule has 0 aliphatic carbocycles. The SMILES string of the molecule is CCOC(=O)Cn1cc(I)c(=O)c(I)c1. The van der Waals surface area contributed by atoms with Crippen LogP contribution in [0.3, 0.4) is 0 Å². The molecule has 1 aromatic rings. The van der Waals surface area contributed by atoms with Gasteiger partial charge in [0.15, 0.2) is 0 Å². The molecule has 0 amide bonds. The minimum Gasteiger partial charge on any atom is -0.465 e. The van der Waals surface area contributed by atoms with Crippen LogP contribution in [0, 0.1) is 7.14 Å². The molecule has 0 fully saturated rings. The second kappa shape index (κ2) is 5.83. The molecule has 0 aliphatic rings. The van der Waals surface area contributed by atoms with Crippen LogP contribution in [0.1, 0.15) is 6.92 Å². The van der Waals surface area contributed by atoms with Crippen molar-refractivity contribution in [3.8, 4) is 0 Å². The zero-order chi connectivity index (χ0) is 11.4. The van der Waals surface area contributed by atoms with Crippen LogP contribution in [-0.2, 0) is 16.1 Å². The van der Waals surface area contributed by atoms with Gasteiger partial charge in [-0.25, -0.2) is 0 Å².